The molecule has 0 spiro atoms. The predicted molar refractivity (Wildman–Crippen MR) is 97.6 cm³/mol. The van der Waals surface area contributed by atoms with Crippen LogP contribution in [0, 0.1) is 5.92 Å². The number of piperidine rings is 1. The number of carbonyl (C=O) groups is 2. The van der Waals surface area contributed by atoms with Crippen molar-refractivity contribution in [1.82, 2.24) is 25.3 Å². The molecule has 8 heteroatoms. The molecule has 2 aliphatic rings. The molecule has 2 amide bonds. The summed E-state index contributed by atoms with van der Waals surface area (Å²) in [5, 5.41) is 10.4. The molecule has 0 bridgehead atoms. The predicted octanol–water partition coefficient (Wildman–Crippen LogP) is 0.662. The lowest BCUT2D eigenvalue weighted by molar-refractivity contribution is -0.137. The molecule has 2 aliphatic heterocycles. The van der Waals surface area contributed by atoms with Gasteiger partial charge in [0.1, 0.15) is 6.04 Å². The minimum Gasteiger partial charge on any atom is -0.344 e. The zero-order chi connectivity index (χ0) is 17.1. The first kappa shape index (κ1) is 19.7. The maximum absolute atomic E-state index is 12.7. The quantitative estimate of drug-likeness (QED) is 0.817. The van der Waals surface area contributed by atoms with E-state index in [2.05, 4.69) is 15.7 Å². The summed E-state index contributed by atoms with van der Waals surface area (Å²) in [6.07, 6.45) is 7.08. The Bertz CT molecular complexity index is 600. The summed E-state index contributed by atoms with van der Waals surface area (Å²) >= 11 is 0. The van der Waals surface area contributed by atoms with E-state index in [9.17, 15) is 9.59 Å². The molecule has 1 aromatic rings. The van der Waals surface area contributed by atoms with Crippen LogP contribution < -0.4 is 10.6 Å². The van der Waals surface area contributed by atoms with E-state index in [1.165, 1.54) is 6.42 Å². The van der Waals surface area contributed by atoms with Gasteiger partial charge in [-0.3, -0.25) is 14.3 Å². The van der Waals surface area contributed by atoms with E-state index >= 15 is 0 Å². The normalized spacial score (nSPS) is 24.5. The summed E-state index contributed by atoms with van der Waals surface area (Å²) < 4.78 is 1.76. The van der Waals surface area contributed by atoms with Gasteiger partial charge in [-0.05, 0) is 31.7 Å². The molecule has 140 valence electrons. The van der Waals surface area contributed by atoms with Gasteiger partial charge in [0.2, 0.25) is 11.8 Å². The van der Waals surface area contributed by atoms with Gasteiger partial charge in [0.05, 0.1) is 12.1 Å². The molecule has 3 atom stereocenters. The van der Waals surface area contributed by atoms with E-state index < -0.39 is 6.04 Å². The average molecular weight is 370 g/mol. The van der Waals surface area contributed by atoms with Gasteiger partial charge in [0.25, 0.3) is 0 Å². The highest BCUT2D eigenvalue weighted by Gasteiger charge is 2.36. The number of hydrogen-bond acceptors (Lipinski definition) is 4. The van der Waals surface area contributed by atoms with Gasteiger partial charge < -0.3 is 15.5 Å². The molecule has 0 saturated carbocycles. The molecule has 0 aliphatic carbocycles. The number of rotatable bonds is 4. The molecule has 7 nitrogen and oxygen atoms in total. The third kappa shape index (κ3) is 4.52. The van der Waals surface area contributed by atoms with E-state index in [1.54, 1.807) is 11.6 Å². The van der Waals surface area contributed by atoms with Gasteiger partial charge in [0.15, 0.2) is 0 Å². The van der Waals surface area contributed by atoms with Crippen molar-refractivity contribution in [3.8, 4) is 0 Å². The van der Waals surface area contributed by atoms with Crippen molar-refractivity contribution in [2.45, 2.75) is 38.1 Å². The molecular weight excluding hydrogens is 342 g/mol. The molecule has 1 aromatic heterocycles. The van der Waals surface area contributed by atoms with Gasteiger partial charge in [-0.15, -0.1) is 12.4 Å². The lowest BCUT2D eigenvalue weighted by Crippen LogP contribution is -2.50. The fraction of sp³-hybridized carbons (Fsp3) is 0.706. The molecule has 2 N–H and O–H groups in total. The Labute approximate surface area is 154 Å². The summed E-state index contributed by atoms with van der Waals surface area (Å²) in [5.41, 5.74) is 1.07. The summed E-state index contributed by atoms with van der Waals surface area (Å²) in [4.78, 5) is 27.0. The number of nitrogens with zero attached hydrogens (tertiary/aromatic N) is 3. The van der Waals surface area contributed by atoms with Crippen LogP contribution in [-0.2, 0) is 16.6 Å². The van der Waals surface area contributed by atoms with Crippen molar-refractivity contribution in [2.24, 2.45) is 13.0 Å². The standard InChI is InChI=1S/C17H27N5O2.ClH/c1-12(17(24)22-6-4-3-5-7-22)20-16(23)15-10-18-9-14(15)13-8-19-21(2)11-13;/h8,11-12,14-15,18H,3-7,9-10H2,1-2H3,(H,20,23);1H/t12-,14+,15-;/m0./s1. The molecular formula is C17H28ClN5O2. The van der Waals surface area contributed by atoms with Crippen molar-refractivity contribution >= 4 is 24.2 Å². The van der Waals surface area contributed by atoms with Crippen molar-refractivity contribution in [3.05, 3.63) is 18.0 Å². The molecule has 3 rings (SSSR count). The minimum absolute atomic E-state index is 0. The molecule has 25 heavy (non-hydrogen) atoms. The number of halogens is 1. The van der Waals surface area contributed by atoms with Crippen molar-refractivity contribution in [1.29, 1.82) is 0 Å². The number of hydrogen-bond donors (Lipinski definition) is 2. The van der Waals surface area contributed by atoms with Gasteiger partial charge >= 0.3 is 0 Å². The maximum Gasteiger partial charge on any atom is 0.244 e. The van der Waals surface area contributed by atoms with Gasteiger partial charge in [-0.1, -0.05) is 0 Å². The van der Waals surface area contributed by atoms with Crippen LogP contribution in [0.25, 0.3) is 0 Å². The third-order valence-electron chi connectivity index (χ3n) is 5.10. The monoisotopic (exact) mass is 369 g/mol. The van der Waals surface area contributed by atoms with Crippen LogP contribution in [0.2, 0.25) is 0 Å². The van der Waals surface area contributed by atoms with Crippen molar-refractivity contribution < 1.29 is 9.59 Å². The zero-order valence-corrected chi connectivity index (χ0v) is 15.7. The highest BCUT2D eigenvalue weighted by Crippen LogP contribution is 2.28. The van der Waals surface area contributed by atoms with Gasteiger partial charge in [0, 0.05) is 45.3 Å². The minimum atomic E-state index is -0.467. The molecule has 2 saturated heterocycles. The second-order valence-corrected chi connectivity index (χ2v) is 6.93. The first-order valence-corrected chi connectivity index (χ1v) is 8.84. The Kier molecular flexibility index (Phi) is 6.84. The van der Waals surface area contributed by atoms with Crippen LogP contribution >= 0.6 is 12.4 Å². The molecule has 3 heterocycles. The number of aromatic nitrogens is 2. The molecule has 0 aromatic carbocycles. The van der Waals surface area contributed by atoms with E-state index in [0.717, 1.165) is 38.0 Å². The third-order valence-corrected chi connectivity index (χ3v) is 5.10. The van der Waals surface area contributed by atoms with E-state index in [0.29, 0.717) is 6.54 Å². The van der Waals surface area contributed by atoms with Crippen LogP contribution in [0.4, 0.5) is 0 Å². The second-order valence-electron chi connectivity index (χ2n) is 6.93. The average Bonchev–Trinajstić information content (AvgIpc) is 3.23. The smallest absolute Gasteiger partial charge is 0.244 e. The molecule has 0 unspecified atom stereocenters. The zero-order valence-electron chi connectivity index (χ0n) is 14.9. The maximum atomic E-state index is 12.7. The number of likely N-dealkylation sites (tertiary alicyclic amines) is 1. The van der Waals surface area contributed by atoms with Crippen LogP contribution in [-0.4, -0.2) is 58.7 Å². The van der Waals surface area contributed by atoms with Crippen LogP contribution in [0.15, 0.2) is 12.4 Å². The largest absolute Gasteiger partial charge is 0.344 e. The second kappa shape index (κ2) is 8.67. The number of carbonyl (C=O) groups excluding carboxylic acids is 2. The molecule has 0 radical (unpaired) electrons. The first-order chi connectivity index (χ1) is 11.6. The summed E-state index contributed by atoms with van der Waals surface area (Å²) in [5.74, 6) is -0.0690. The van der Waals surface area contributed by atoms with E-state index in [4.69, 9.17) is 0 Å². The highest BCUT2D eigenvalue weighted by molar-refractivity contribution is 5.89. The fourth-order valence-electron chi connectivity index (χ4n) is 3.71. The van der Waals surface area contributed by atoms with E-state index in [1.807, 2.05) is 24.3 Å². The highest BCUT2D eigenvalue weighted by atomic mass is 35.5. The van der Waals surface area contributed by atoms with Gasteiger partial charge in [-0.25, -0.2) is 0 Å². The van der Waals surface area contributed by atoms with E-state index in [-0.39, 0.29) is 36.1 Å². The fourth-order valence-corrected chi connectivity index (χ4v) is 3.71. The Balaban J connectivity index is 0.00000225. The number of aryl methyl sites for hydroxylation is 1. The Morgan fingerprint density at radius 1 is 1.28 bits per heavy atom. The summed E-state index contributed by atoms with van der Waals surface area (Å²) in [6, 6.07) is -0.467. The molecule has 2 fully saturated rings. The first-order valence-electron chi connectivity index (χ1n) is 8.84. The summed E-state index contributed by atoms with van der Waals surface area (Å²) in [7, 11) is 1.88. The lowest BCUT2D eigenvalue weighted by atomic mass is 9.90. The topological polar surface area (TPSA) is 79.3 Å². The van der Waals surface area contributed by atoms with Crippen LogP contribution in [0.5, 0.6) is 0 Å². The number of amides is 2. The summed E-state index contributed by atoms with van der Waals surface area (Å²) in [6.45, 7) is 4.80. The number of nitrogens with one attached hydrogen (secondary N) is 2. The Hall–Kier alpha value is -1.60. The van der Waals surface area contributed by atoms with Crippen molar-refractivity contribution in [2.75, 3.05) is 26.2 Å². The van der Waals surface area contributed by atoms with Crippen LogP contribution in [0.1, 0.15) is 37.7 Å². The van der Waals surface area contributed by atoms with Crippen molar-refractivity contribution in [3.63, 3.8) is 0 Å². The van der Waals surface area contributed by atoms with Crippen LogP contribution in [0.3, 0.4) is 0 Å². The SMILES string of the molecule is C[C@H](NC(=O)[C@H]1CNC[C@@H]1c1cnn(C)c1)C(=O)N1CCCCC1.Cl. The van der Waals surface area contributed by atoms with Gasteiger partial charge in [-0.2, -0.15) is 5.10 Å². The lowest BCUT2D eigenvalue weighted by Gasteiger charge is -2.30. The Morgan fingerprint density at radius 3 is 2.64 bits per heavy atom. The Morgan fingerprint density at radius 2 is 2.00 bits per heavy atom.